The van der Waals surface area contributed by atoms with Crippen LogP contribution in [0.1, 0.15) is 39.1 Å². The van der Waals surface area contributed by atoms with Crippen molar-refractivity contribution in [3.05, 3.63) is 38.5 Å². The van der Waals surface area contributed by atoms with Crippen molar-refractivity contribution >= 4 is 34.7 Å². The fourth-order valence-corrected chi connectivity index (χ4v) is 4.37. The molecule has 0 bridgehead atoms. The maximum absolute atomic E-state index is 12.2. The molecule has 0 saturated carbocycles. The van der Waals surface area contributed by atoms with E-state index in [0.717, 1.165) is 22.7 Å². The number of amides is 2. The van der Waals surface area contributed by atoms with Crippen molar-refractivity contribution in [1.29, 1.82) is 0 Å². The molecule has 0 spiro atoms. The Morgan fingerprint density at radius 2 is 2.19 bits per heavy atom. The van der Waals surface area contributed by atoms with Gasteiger partial charge in [0.2, 0.25) is 0 Å². The number of terminal acetylenes is 1. The van der Waals surface area contributed by atoms with Gasteiger partial charge in [-0.3, -0.25) is 4.79 Å². The number of nitrogens with zero attached hydrogens (tertiary/aromatic N) is 2. The highest BCUT2D eigenvalue weighted by Gasteiger charge is 2.27. The molecule has 0 radical (unpaired) electrons. The Bertz CT molecular complexity index is 787. The van der Waals surface area contributed by atoms with Gasteiger partial charge in [0.15, 0.2) is 6.61 Å². The van der Waals surface area contributed by atoms with Crippen LogP contribution in [0.15, 0.2) is 22.9 Å². The molecule has 2 aromatic rings. The SMILES string of the molecule is C#CCOC(=O)N1CCC(c2nc(C(=O)NCc3cccs3)cs2)CC1. The van der Waals surface area contributed by atoms with Crippen molar-refractivity contribution in [1.82, 2.24) is 15.2 Å². The molecular weight excluding hydrogens is 370 g/mol. The molecule has 2 aromatic heterocycles. The van der Waals surface area contributed by atoms with Gasteiger partial charge in [0.25, 0.3) is 5.91 Å². The van der Waals surface area contributed by atoms with Crippen molar-refractivity contribution in [2.45, 2.75) is 25.3 Å². The smallest absolute Gasteiger partial charge is 0.410 e. The Hall–Kier alpha value is -2.37. The third kappa shape index (κ3) is 4.62. The average molecular weight is 390 g/mol. The lowest BCUT2D eigenvalue weighted by atomic mass is 9.98. The Balaban J connectivity index is 1.50. The van der Waals surface area contributed by atoms with Gasteiger partial charge in [0.1, 0.15) is 5.69 Å². The summed E-state index contributed by atoms with van der Waals surface area (Å²) in [4.78, 5) is 31.3. The third-order valence-electron chi connectivity index (χ3n) is 4.14. The number of carbonyl (C=O) groups excluding carboxylic acids is 2. The topological polar surface area (TPSA) is 71.5 Å². The van der Waals surface area contributed by atoms with E-state index in [1.807, 2.05) is 17.5 Å². The zero-order valence-corrected chi connectivity index (χ0v) is 15.8. The lowest BCUT2D eigenvalue weighted by Crippen LogP contribution is -2.38. The number of nitrogens with one attached hydrogen (secondary N) is 1. The summed E-state index contributed by atoms with van der Waals surface area (Å²) >= 11 is 3.11. The highest BCUT2D eigenvalue weighted by atomic mass is 32.1. The zero-order valence-electron chi connectivity index (χ0n) is 14.1. The first kappa shape index (κ1) is 18.4. The minimum absolute atomic E-state index is 0.00478. The predicted octanol–water partition coefficient (Wildman–Crippen LogP) is 3.08. The normalized spacial score (nSPS) is 14.7. The summed E-state index contributed by atoms with van der Waals surface area (Å²) in [6.45, 7) is 1.72. The number of rotatable bonds is 5. The standard InChI is InChI=1S/C18H19N3O3S2/c1-2-9-24-18(23)21-7-5-13(6-8-21)17-20-15(12-26-17)16(22)19-11-14-4-3-10-25-14/h1,3-4,10,12-13H,5-9,11H2,(H,19,22). The van der Waals surface area contributed by atoms with Gasteiger partial charge in [-0.25, -0.2) is 9.78 Å². The lowest BCUT2D eigenvalue weighted by Gasteiger charge is -2.30. The zero-order chi connectivity index (χ0) is 18.4. The van der Waals surface area contributed by atoms with Crippen molar-refractivity contribution in [3.8, 4) is 12.3 Å². The van der Waals surface area contributed by atoms with E-state index in [4.69, 9.17) is 11.2 Å². The minimum Gasteiger partial charge on any atom is -0.436 e. The molecule has 0 aliphatic carbocycles. The molecule has 1 fully saturated rings. The van der Waals surface area contributed by atoms with E-state index < -0.39 is 0 Å². The maximum Gasteiger partial charge on any atom is 0.410 e. The highest BCUT2D eigenvalue weighted by molar-refractivity contribution is 7.10. The molecule has 0 aromatic carbocycles. The van der Waals surface area contributed by atoms with Gasteiger partial charge in [-0.05, 0) is 24.3 Å². The summed E-state index contributed by atoms with van der Waals surface area (Å²) in [6, 6.07) is 3.95. The molecule has 6 nitrogen and oxygen atoms in total. The number of hydrogen-bond acceptors (Lipinski definition) is 6. The quantitative estimate of drug-likeness (QED) is 0.798. The Morgan fingerprint density at radius 1 is 1.38 bits per heavy atom. The van der Waals surface area contributed by atoms with Gasteiger partial charge in [-0.1, -0.05) is 12.0 Å². The van der Waals surface area contributed by atoms with E-state index >= 15 is 0 Å². The molecule has 1 saturated heterocycles. The second-order valence-corrected chi connectivity index (χ2v) is 7.77. The van der Waals surface area contributed by atoms with E-state index in [1.165, 1.54) is 11.3 Å². The second kappa shape index (κ2) is 8.83. The molecule has 1 aliphatic heterocycles. The summed E-state index contributed by atoms with van der Waals surface area (Å²) in [7, 11) is 0. The molecule has 3 rings (SSSR count). The Morgan fingerprint density at radius 3 is 2.88 bits per heavy atom. The van der Waals surface area contributed by atoms with Gasteiger partial charge >= 0.3 is 6.09 Å². The van der Waals surface area contributed by atoms with Gasteiger partial charge < -0.3 is 15.0 Å². The van der Waals surface area contributed by atoms with E-state index in [1.54, 1.807) is 21.6 Å². The van der Waals surface area contributed by atoms with Crippen LogP contribution in [0, 0.1) is 12.3 Å². The molecule has 136 valence electrons. The van der Waals surface area contributed by atoms with Crippen molar-refractivity contribution in [3.63, 3.8) is 0 Å². The summed E-state index contributed by atoms with van der Waals surface area (Å²) in [5, 5.41) is 7.62. The van der Waals surface area contributed by atoms with E-state index in [0.29, 0.717) is 25.3 Å². The molecule has 0 unspecified atom stereocenters. The summed E-state index contributed by atoms with van der Waals surface area (Å²) in [6.07, 6.45) is 6.33. The monoisotopic (exact) mass is 389 g/mol. The Labute approximate surface area is 160 Å². The van der Waals surface area contributed by atoms with Crippen molar-refractivity contribution in [2.75, 3.05) is 19.7 Å². The van der Waals surface area contributed by atoms with Gasteiger partial charge in [0.05, 0.1) is 11.6 Å². The van der Waals surface area contributed by atoms with Gasteiger partial charge in [-0.15, -0.1) is 29.1 Å². The fraction of sp³-hybridized carbons (Fsp3) is 0.389. The number of thiazole rings is 1. The van der Waals surface area contributed by atoms with Crippen LogP contribution in [-0.2, 0) is 11.3 Å². The number of aromatic nitrogens is 1. The number of carbonyl (C=O) groups is 2. The molecule has 2 amide bonds. The number of likely N-dealkylation sites (tertiary alicyclic amines) is 1. The number of piperidine rings is 1. The highest BCUT2D eigenvalue weighted by Crippen LogP contribution is 2.30. The molecular formula is C18H19N3O3S2. The first-order valence-corrected chi connectivity index (χ1v) is 10.0. The largest absolute Gasteiger partial charge is 0.436 e. The van der Waals surface area contributed by atoms with Crippen molar-refractivity contribution < 1.29 is 14.3 Å². The van der Waals surface area contributed by atoms with Crippen LogP contribution in [0.4, 0.5) is 4.79 Å². The third-order valence-corrected chi connectivity index (χ3v) is 6.02. The molecule has 3 heterocycles. The van der Waals surface area contributed by atoms with E-state index in [-0.39, 0.29) is 24.5 Å². The maximum atomic E-state index is 12.2. The van der Waals surface area contributed by atoms with Crippen LogP contribution in [0.2, 0.25) is 0 Å². The van der Waals surface area contributed by atoms with Crippen LogP contribution >= 0.6 is 22.7 Å². The van der Waals surface area contributed by atoms with Crippen LogP contribution in [0.25, 0.3) is 0 Å². The fourth-order valence-electron chi connectivity index (χ4n) is 2.75. The minimum atomic E-state index is -0.366. The number of hydrogen-bond donors (Lipinski definition) is 1. The number of thiophene rings is 1. The number of ether oxygens (including phenoxy) is 1. The van der Waals surface area contributed by atoms with Gasteiger partial charge in [0, 0.05) is 29.3 Å². The second-order valence-electron chi connectivity index (χ2n) is 5.85. The first-order valence-electron chi connectivity index (χ1n) is 8.28. The van der Waals surface area contributed by atoms with Crippen LogP contribution < -0.4 is 5.32 Å². The van der Waals surface area contributed by atoms with E-state index in [2.05, 4.69) is 16.2 Å². The molecule has 0 atom stereocenters. The van der Waals surface area contributed by atoms with Crippen LogP contribution in [-0.4, -0.2) is 41.6 Å². The van der Waals surface area contributed by atoms with E-state index in [9.17, 15) is 9.59 Å². The predicted molar refractivity (Wildman–Crippen MR) is 101 cm³/mol. The summed E-state index contributed by atoms with van der Waals surface area (Å²) in [5.74, 6) is 2.39. The Kier molecular flexibility index (Phi) is 6.26. The average Bonchev–Trinajstić information content (AvgIpc) is 3.36. The van der Waals surface area contributed by atoms with Gasteiger partial charge in [-0.2, -0.15) is 0 Å². The van der Waals surface area contributed by atoms with Crippen molar-refractivity contribution in [2.24, 2.45) is 0 Å². The van der Waals surface area contributed by atoms with Crippen LogP contribution in [0.3, 0.4) is 0 Å². The molecule has 1 aliphatic rings. The first-order chi connectivity index (χ1) is 12.7. The summed E-state index contributed by atoms with van der Waals surface area (Å²) < 4.78 is 4.95. The lowest BCUT2D eigenvalue weighted by molar-refractivity contribution is 0.0946. The van der Waals surface area contributed by atoms with Crippen LogP contribution in [0.5, 0.6) is 0 Å². The molecule has 8 heteroatoms. The molecule has 1 N–H and O–H groups in total. The molecule has 26 heavy (non-hydrogen) atoms. The summed E-state index contributed by atoms with van der Waals surface area (Å²) in [5.41, 5.74) is 0.456.